The molecule has 1 aromatic heterocycles. The molecule has 1 saturated heterocycles. The number of piperidine rings is 1. The Bertz CT molecular complexity index is 882. The minimum Gasteiger partial charge on any atom is -0.342 e. The van der Waals surface area contributed by atoms with E-state index in [9.17, 15) is 9.18 Å². The number of nitrogens with zero attached hydrogens (tertiary/aromatic N) is 2. The number of aromatic nitrogens is 2. The molecular weight excluding hydrogens is 317 g/mol. The number of hydrogen-bond acceptors (Lipinski definition) is 2. The maximum atomic E-state index is 13.3. The maximum Gasteiger partial charge on any atom is 0.226 e. The van der Waals surface area contributed by atoms with Crippen LogP contribution in [0.1, 0.15) is 30.1 Å². The highest BCUT2D eigenvalue weighted by Crippen LogP contribution is 2.28. The fourth-order valence-electron chi connectivity index (χ4n) is 3.48. The van der Waals surface area contributed by atoms with Crippen LogP contribution in [0.3, 0.4) is 0 Å². The number of fused-ring (bicyclic) bond motifs is 1. The summed E-state index contributed by atoms with van der Waals surface area (Å²) in [5.74, 6) is 1.10. The number of likely N-dealkylation sites (tertiary alicyclic amines) is 1. The highest BCUT2D eigenvalue weighted by Gasteiger charge is 2.25. The van der Waals surface area contributed by atoms with E-state index in [4.69, 9.17) is 0 Å². The summed E-state index contributed by atoms with van der Waals surface area (Å²) in [6, 6.07) is 14.4. The van der Waals surface area contributed by atoms with E-state index in [1.807, 2.05) is 35.2 Å². The van der Waals surface area contributed by atoms with Crippen LogP contribution < -0.4 is 0 Å². The predicted molar refractivity (Wildman–Crippen MR) is 94.8 cm³/mol. The van der Waals surface area contributed by atoms with E-state index in [2.05, 4.69) is 9.97 Å². The molecule has 4 nitrogen and oxygen atoms in total. The van der Waals surface area contributed by atoms with Gasteiger partial charge in [-0.25, -0.2) is 9.37 Å². The third-order valence-corrected chi connectivity index (χ3v) is 4.89. The summed E-state index contributed by atoms with van der Waals surface area (Å²) in [6.45, 7) is 1.48. The second kappa shape index (κ2) is 6.67. The average molecular weight is 337 g/mol. The first-order valence-corrected chi connectivity index (χ1v) is 8.66. The van der Waals surface area contributed by atoms with Crippen molar-refractivity contribution in [2.45, 2.75) is 25.2 Å². The van der Waals surface area contributed by atoms with Crippen LogP contribution in [0.15, 0.2) is 48.5 Å². The molecule has 5 heteroatoms. The molecule has 0 unspecified atom stereocenters. The fourth-order valence-corrected chi connectivity index (χ4v) is 3.48. The molecule has 2 heterocycles. The average Bonchev–Trinajstić information content (AvgIpc) is 3.06. The Balaban J connectivity index is 1.39. The predicted octanol–water partition coefficient (Wildman–Crippen LogP) is 3.65. The molecular formula is C20H20FN3O. The van der Waals surface area contributed by atoms with E-state index < -0.39 is 0 Å². The molecule has 1 fully saturated rings. The molecule has 3 aromatic rings. The van der Waals surface area contributed by atoms with Gasteiger partial charge in [-0.05, 0) is 36.6 Å². The SMILES string of the molecule is O=C(Cc1ccccc1)N1CCC(c2nc3ccc(F)cc3[nH]2)CC1. The largest absolute Gasteiger partial charge is 0.342 e. The van der Waals surface area contributed by atoms with Gasteiger partial charge in [0.1, 0.15) is 11.6 Å². The van der Waals surface area contributed by atoms with Crippen LogP contribution in [-0.2, 0) is 11.2 Å². The third kappa shape index (κ3) is 3.40. The number of nitrogens with one attached hydrogen (secondary N) is 1. The Morgan fingerprint density at radius 3 is 2.68 bits per heavy atom. The Labute approximate surface area is 145 Å². The van der Waals surface area contributed by atoms with Crippen molar-refractivity contribution < 1.29 is 9.18 Å². The van der Waals surface area contributed by atoms with Crippen molar-refractivity contribution in [3.8, 4) is 0 Å². The molecule has 0 saturated carbocycles. The first kappa shape index (κ1) is 15.8. The lowest BCUT2D eigenvalue weighted by molar-refractivity contribution is -0.131. The smallest absolute Gasteiger partial charge is 0.226 e. The molecule has 2 aromatic carbocycles. The minimum absolute atomic E-state index is 0.177. The van der Waals surface area contributed by atoms with Gasteiger partial charge in [-0.3, -0.25) is 4.79 Å². The molecule has 0 atom stereocenters. The lowest BCUT2D eigenvalue weighted by Crippen LogP contribution is -2.38. The number of rotatable bonds is 3. The van der Waals surface area contributed by atoms with Gasteiger partial charge in [0, 0.05) is 19.0 Å². The van der Waals surface area contributed by atoms with Crippen LogP contribution in [0.4, 0.5) is 4.39 Å². The van der Waals surface area contributed by atoms with Gasteiger partial charge in [0.25, 0.3) is 0 Å². The lowest BCUT2D eigenvalue weighted by Gasteiger charge is -2.31. The van der Waals surface area contributed by atoms with Crippen molar-refractivity contribution in [1.82, 2.24) is 14.9 Å². The number of carbonyl (C=O) groups is 1. The molecule has 0 aliphatic carbocycles. The monoisotopic (exact) mass is 337 g/mol. The second-order valence-electron chi connectivity index (χ2n) is 6.60. The van der Waals surface area contributed by atoms with E-state index in [1.54, 1.807) is 6.07 Å². The number of imidazole rings is 1. The van der Waals surface area contributed by atoms with Gasteiger partial charge < -0.3 is 9.88 Å². The summed E-state index contributed by atoms with van der Waals surface area (Å²) in [6.07, 6.45) is 2.21. The molecule has 0 spiro atoms. The molecule has 1 aliphatic rings. The third-order valence-electron chi connectivity index (χ3n) is 4.89. The van der Waals surface area contributed by atoms with E-state index in [-0.39, 0.29) is 17.6 Å². The summed E-state index contributed by atoms with van der Waals surface area (Å²) < 4.78 is 13.3. The van der Waals surface area contributed by atoms with Crippen molar-refractivity contribution in [3.63, 3.8) is 0 Å². The molecule has 1 N–H and O–H groups in total. The van der Waals surface area contributed by atoms with E-state index in [0.717, 1.165) is 48.4 Å². The molecule has 128 valence electrons. The van der Waals surface area contributed by atoms with Gasteiger partial charge >= 0.3 is 0 Å². The number of H-pyrrole nitrogens is 1. The van der Waals surface area contributed by atoms with Crippen LogP contribution in [0.25, 0.3) is 11.0 Å². The van der Waals surface area contributed by atoms with Crippen LogP contribution in [0.2, 0.25) is 0 Å². The number of amides is 1. The van der Waals surface area contributed by atoms with Crippen molar-refractivity contribution in [3.05, 3.63) is 65.7 Å². The van der Waals surface area contributed by atoms with Crippen LogP contribution in [-0.4, -0.2) is 33.9 Å². The molecule has 0 bridgehead atoms. The van der Waals surface area contributed by atoms with Gasteiger partial charge in [-0.1, -0.05) is 30.3 Å². The molecule has 1 aliphatic heterocycles. The zero-order valence-electron chi connectivity index (χ0n) is 13.9. The summed E-state index contributed by atoms with van der Waals surface area (Å²) >= 11 is 0. The van der Waals surface area contributed by atoms with Gasteiger partial charge in [0.05, 0.1) is 17.5 Å². The highest BCUT2D eigenvalue weighted by atomic mass is 19.1. The summed E-state index contributed by atoms with van der Waals surface area (Å²) in [5.41, 5.74) is 2.57. The van der Waals surface area contributed by atoms with Crippen molar-refractivity contribution in [2.75, 3.05) is 13.1 Å². The van der Waals surface area contributed by atoms with Gasteiger partial charge in [0.2, 0.25) is 5.91 Å². The number of carbonyl (C=O) groups excluding carboxylic acids is 1. The standard InChI is InChI=1S/C20H20FN3O/c21-16-6-7-17-18(13-16)23-20(22-17)15-8-10-24(11-9-15)19(25)12-14-4-2-1-3-5-14/h1-7,13,15H,8-12H2,(H,22,23). The quantitative estimate of drug-likeness (QED) is 0.793. The van der Waals surface area contributed by atoms with Crippen LogP contribution >= 0.6 is 0 Å². The van der Waals surface area contributed by atoms with Crippen molar-refractivity contribution >= 4 is 16.9 Å². The lowest BCUT2D eigenvalue weighted by atomic mass is 9.95. The minimum atomic E-state index is -0.260. The highest BCUT2D eigenvalue weighted by molar-refractivity contribution is 5.79. The number of aromatic amines is 1. The molecule has 25 heavy (non-hydrogen) atoms. The zero-order valence-corrected chi connectivity index (χ0v) is 13.9. The Kier molecular flexibility index (Phi) is 4.22. The van der Waals surface area contributed by atoms with Crippen molar-refractivity contribution in [2.24, 2.45) is 0 Å². The summed E-state index contributed by atoms with van der Waals surface area (Å²) in [7, 11) is 0. The van der Waals surface area contributed by atoms with Gasteiger partial charge in [0.15, 0.2) is 0 Å². The topological polar surface area (TPSA) is 49.0 Å². The molecule has 0 radical (unpaired) electrons. The molecule has 4 rings (SSSR count). The van der Waals surface area contributed by atoms with Gasteiger partial charge in [-0.15, -0.1) is 0 Å². The van der Waals surface area contributed by atoms with Crippen LogP contribution in [0.5, 0.6) is 0 Å². The Morgan fingerprint density at radius 1 is 1.16 bits per heavy atom. The normalized spacial score (nSPS) is 15.6. The first-order chi connectivity index (χ1) is 12.2. The first-order valence-electron chi connectivity index (χ1n) is 8.66. The van der Waals surface area contributed by atoms with Gasteiger partial charge in [-0.2, -0.15) is 0 Å². The van der Waals surface area contributed by atoms with E-state index >= 15 is 0 Å². The number of halogens is 1. The van der Waals surface area contributed by atoms with E-state index in [1.165, 1.54) is 12.1 Å². The van der Waals surface area contributed by atoms with Crippen LogP contribution in [0, 0.1) is 5.82 Å². The maximum absolute atomic E-state index is 13.3. The number of hydrogen-bond donors (Lipinski definition) is 1. The number of benzene rings is 2. The molecule has 1 amide bonds. The zero-order chi connectivity index (χ0) is 17.2. The summed E-state index contributed by atoms with van der Waals surface area (Å²) in [5, 5.41) is 0. The van der Waals surface area contributed by atoms with E-state index in [0.29, 0.717) is 6.42 Å². The fraction of sp³-hybridized carbons (Fsp3) is 0.300. The summed E-state index contributed by atoms with van der Waals surface area (Å²) in [4.78, 5) is 22.2. The Morgan fingerprint density at radius 2 is 1.92 bits per heavy atom. The Hall–Kier alpha value is -2.69. The van der Waals surface area contributed by atoms with Crippen molar-refractivity contribution in [1.29, 1.82) is 0 Å². The second-order valence-corrected chi connectivity index (χ2v) is 6.60.